The average molecular weight is 418 g/mol. The highest BCUT2D eigenvalue weighted by atomic mass is 32.1. The first-order chi connectivity index (χ1) is 14.0. The van der Waals surface area contributed by atoms with E-state index in [-0.39, 0.29) is 16.8 Å². The van der Waals surface area contributed by atoms with Crippen molar-refractivity contribution in [2.24, 2.45) is 0 Å². The van der Waals surface area contributed by atoms with Gasteiger partial charge in [-0.2, -0.15) is 0 Å². The van der Waals surface area contributed by atoms with Crippen LogP contribution in [0.1, 0.15) is 28.3 Å². The van der Waals surface area contributed by atoms with Crippen molar-refractivity contribution in [2.45, 2.75) is 25.4 Å². The predicted molar refractivity (Wildman–Crippen MR) is 106 cm³/mol. The summed E-state index contributed by atoms with van der Waals surface area (Å²) >= 11 is 0.856. The Morgan fingerprint density at radius 2 is 1.97 bits per heavy atom. The second kappa shape index (κ2) is 8.34. The average Bonchev–Trinajstić information content (AvgIpc) is 3.48. The first-order valence-corrected chi connectivity index (χ1v) is 10.4. The van der Waals surface area contributed by atoms with E-state index in [0.29, 0.717) is 30.9 Å². The summed E-state index contributed by atoms with van der Waals surface area (Å²) < 4.78 is 5.38. The lowest BCUT2D eigenvalue weighted by atomic mass is 10.1. The smallest absolute Gasteiger partial charge is 0.324 e. The van der Waals surface area contributed by atoms with Gasteiger partial charge in [0.05, 0.1) is 22.6 Å². The molecule has 2 aliphatic heterocycles. The van der Waals surface area contributed by atoms with Crippen LogP contribution < -0.4 is 0 Å². The Labute approximate surface area is 171 Å². The van der Waals surface area contributed by atoms with Crippen molar-refractivity contribution in [3.63, 3.8) is 0 Å². The number of thiophene rings is 1. The Morgan fingerprint density at radius 1 is 1.17 bits per heavy atom. The molecule has 2 aromatic heterocycles. The summed E-state index contributed by atoms with van der Waals surface area (Å²) in [4.78, 5) is 42.2. The van der Waals surface area contributed by atoms with Gasteiger partial charge in [-0.05, 0) is 31.0 Å². The summed E-state index contributed by atoms with van der Waals surface area (Å²) in [5, 5.41) is 10.8. The van der Waals surface area contributed by atoms with Gasteiger partial charge in [-0.25, -0.2) is 0 Å². The number of hydrogen-bond donors (Lipinski definition) is 0. The number of nitrogens with zero attached hydrogens (tertiary/aromatic N) is 4. The number of carbonyl (C=O) groups is 2. The molecule has 0 radical (unpaired) electrons. The molecule has 154 valence electrons. The van der Waals surface area contributed by atoms with E-state index in [2.05, 4.69) is 4.90 Å². The Morgan fingerprint density at radius 3 is 2.62 bits per heavy atom. The molecule has 29 heavy (non-hydrogen) atoms. The van der Waals surface area contributed by atoms with Crippen LogP contribution in [0.3, 0.4) is 0 Å². The van der Waals surface area contributed by atoms with Crippen LogP contribution in [0.4, 0.5) is 5.00 Å². The van der Waals surface area contributed by atoms with Crippen molar-refractivity contribution in [2.75, 3.05) is 32.7 Å². The minimum Gasteiger partial charge on any atom is -0.468 e. The number of carbonyl (C=O) groups excluding carboxylic acids is 2. The van der Waals surface area contributed by atoms with Crippen LogP contribution in [0.25, 0.3) is 0 Å². The Bertz CT molecular complexity index is 888. The lowest BCUT2D eigenvalue weighted by Gasteiger charge is -2.37. The second-order valence-electron chi connectivity index (χ2n) is 7.23. The second-order valence-corrected chi connectivity index (χ2v) is 8.29. The molecular formula is C19H22N4O5S. The molecule has 0 saturated carbocycles. The number of likely N-dealkylation sites (tertiary alicyclic amines) is 1. The Kier molecular flexibility index (Phi) is 5.63. The summed E-state index contributed by atoms with van der Waals surface area (Å²) in [6, 6.07) is 6.12. The normalized spacial score (nSPS) is 20.2. The molecule has 2 aromatic rings. The number of piperazine rings is 1. The maximum atomic E-state index is 13.1. The molecule has 0 N–H and O–H groups in total. The van der Waals surface area contributed by atoms with E-state index in [4.69, 9.17) is 4.42 Å². The van der Waals surface area contributed by atoms with E-state index in [1.807, 2.05) is 17.0 Å². The summed E-state index contributed by atoms with van der Waals surface area (Å²) in [6.45, 7) is 3.96. The van der Waals surface area contributed by atoms with E-state index in [0.717, 1.165) is 43.2 Å². The zero-order valence-electron chi connectivity index (χ0n) is 15.9. The standard InChI is InChI=1S/C19H22N4O5S/c24-18(21-10-8-20(9-11-21)13-14-3-2-12-28-14)15-4-1-7-22(15)19(25)16-5-6-17(29-16)23(26)27/h2-3,5-6,12,15H,1,4,7-11,13H2. The minimum absolute atomic E-state index is 0.0282. The van der Waals surface area contributed by atoms with Crippen molar-refractivity contribution in [3.8, 4) is 0 Å². The third kappa shape index (κ3) is 4.18. The zero-order chi connectivity index (χ0) is 20.4. The molecule has 4 rings (SSSR count). The van der Waals surface area contributed by atoms with Gasteiger partial charge in [0, 0.05) is 38.8 Å². The van der Waals surface area contributed by atoms with E-state index in [1.54, 1.807) is 11.2 Å². The monoisotopic (exact) mass is 418 g/mol. The van der Waals surface area contributed by atoms with Gasteiger partial charge in [0.15, 0.2) is 0 Å². The topological polar surface area (TPSA) is 100 Å². The first-order valence-electron chi connectivity index (χ1n) is 9.61. The molecule has 0 bridgehead atoms. The summed E-state index contributed by atoms with van der Waals surface area (Å²) in [5.41, 5.74) is 0. The lowest BCUT2D eigenvalue weighted by molar-refractivity contribution is -0.380. The van der Waals surface area contributed by atoms with Gasteiger partial charge in [-0.3, -0.25) is 24.6 Å². The number of amides is 2. The van der Waals surface area contributed by atoms with E-state index in [9.17, 15) is 19.7 Å². The highest BCUT2D eigenvalue weighted by Gasteiger charge is 2.38. The minimum atomic E-state index is -0.504. The fourth-order valence-electron chi connectivity index (χ4n) is 3.91. The lowest BCUT2D eigenvalue weighted by Crippen LogP contribution is -2.54. The highest BCUT2D eigenvalue weighted by molar-refractivity contribution is 7.17. The van der Waals surface area contributed by atoms with Crippen LogP contribution in [0.5, 0.6) is 0 Å². The molecule has 2 aliphatic rings. The van der Waals surface area contributed by atoms with E-state index >= 15 is 0 Å². The number of nitro groups is 1. The van der Waals surface area contributed by atoms with Gasteiger partial charge in [0.2, 0.25) is 5.91 Å². The molecule has 0 aliphatic carbocycles. The van der Waals surface area contributed by atoms with Crippen LogP contribution in [0, 0.1) is 10.1 Å². The SMILES string of the molecule is O=C(C1CCCN1C(=O)c1ccc([N+](=O)[O-])s1)N1CCN(Cc2ccco2)CC1. The van der Waals surface area contributed by atoms with Crippen LogP contribution in [-0.2, 0) is 11.3 Å². The molecule has 4 heterocycles. The summed E-state index contributed by atoms with van der Waals surface area (Å²) in [6.07, 6.45) is 3.04. The van der Waals surface area contributed by atoms with Crippen molar-refractivity contribution in [3.05, 3.63) is 51.3 Å². The predicted octanol–water partition coefficient (Wildman–Crippen LogP) is 2.20. The van der Waals surface area contributed by atoms with Crippen LogP contribution in [0.2, 0.25) is 0 Å². The largest absolute Gasteiger partial charge is 0.468 e. The number of hydrogen-bond acceptors (Lipinski definition) is 7. The van der Waals surface area contributed by atoms with Gasteiger partial charge < -0.3 is 14.2 Å². The fraction of sp³-hybridized carbons (Fsp3) is 0.474. The van der Waals surface area contributed by atoms with Gasteiger partial charge in [-0.1, -0.05) is 11.3 Å². The molecule has 10 heteroatoms. The fourth-order valence-corrected chi connectivity index (χ4v) is 4.69. The van der Waals surface area contributed by atoms with Crippen molar-refractivity contribution in [1.82, 2.24) is 14.7 Å². The van der Waals surface area contributed by atoms with Crippen molar-refractivity contribution >= 4 is 28.2 Å². The third-order valence-electron chi connectivity index (χ3n) is 5.42. The van der Waals surface area contributed by atoms with Gasteiger partial charge in [-0.15, -0.1) is 0 Å². The van der Waals surface area contributed by atoms with E-state index in [1.165, 1.54) is 12.1 Å². The van der Waals surface area contributed by atoms with Crippen LogP contribution >= 0.6 is 11.3 Å². The molecule has 1 unspecified atom stereocenters. The van der Waals surface area contributed by atoms with E-state index < -0.39 is 11.0 Å². The quantitative estimate of drug-likeness (QED) is 0.545. The maximum Gasteiger partial charge on any atom is 0.324 e. The van der Waals surface area contributed by atoms with Crippen molar-refractivity contribution < 1.29 is 18.9 Å². The number of furan rings is 1. The summed E-state index contributed by atoms with van der Waals surface area (Å²) in [5.74, 6) is 0.581. The molecule has 1 atom stereocenters. The molecule has 2 fully saturated rings. The first kappa shape index (κ1) is 19.6. The Hall–Kier alpha value is -2.72. The molecule has 0 aromatic carbocycles. The summed E-state index contributed by atoms with van der Waals surface area (Å²) in [7, 11) is 0. The number of rotatable bonds is 5. The highest BCUT2D eigenvalue weighted by Crippen LogP contribution is 2.28. The third-order valence-corrected chi connectivity index (χ3v) is 6.45. The zero-order valence-corrected chi connectivity index (χ0v) is 16.7. The van der Waals surface area contributed by atoms with Crippen LogP contribution in [0.15, 0.2) is 34.9 Å². The van der Waals surface area contributed by atoms with Gasteiger partial charge in [0.25, 0.3) is 5.91 Å². The maximum absolute atomic E-state index is 13.1. The molecule has 9 nitrogen and oxygen atoms in total. The molecule has 2 amide bonds. The Balaban J connectivity index is 1.36. The van der Waals surface area contributed by atoms with Crippen molar-refractivity contribution in [1.29, 1.82) is 0 Å². The molecule has 0 spiro atoms. The van der Waals surface area contributed by atoms with Gasteiger partial charge in [0.1, 0.15) is 11.8 Å². The molecular weight excluding hydrogens is 396 g/mol. The van der Waals surface area contributed by atoms with Crippen LogP contribution in [-0.4, -0.2) is 70.2 Å². The van der Waals surface area contributed by atoms with Gasteiger partial charge >= 0.3 is 5.00 Å². The molecule has 2 saturated heterocycles.